The second-order valence-corrected chi connectivity index (χ2v) is 9.18. The van der Waals surface area contributed by atoms with Gasteiger partial charge in [-0.05, 0) is 70.9 Å². The molecule has 1 heterocycles. The summed E-state index contributed by atoms with van der Waals surface area (Å²) in [5.41, 5.74) is 2.13. The van der Waals surface area contributed by atoms with E-state index in [0.29, 0.717) is 22.1 Å². The summed E-state index contributed by atoms with van der Waals surface area (Å²) in [5.74, 6) is -0.0410. The summed E-state index contributed by atoms with van der Waals surface area (Å²) in [6.07, 6.45) is 1.59. The van der Waals surface area contributed by atoms with Gasteiger partial charge in [0.25, 0.3) is 11.1 Å². The standard InChI is InChI=1S/C25H18Cl2FNO4S/c1-32-21-11-17(10-20(27)23(21)33-14-16-4-8-19(28)9-5-16)12-22-24(30)29(25(31)34-22)13-15-2-6-18(26)7-3-15/h2-12H,13-14H2,1H3/b22-12-. The Morgan fingerprint density at radius 2 is 1.68 bits per heavy atom. The first-order valence-electron chi connectivity index (χ1n) is 10.1. The van der Waals surface area contributed by atoms with Crippen LogP contribution >= 0.6 is 35.0 Å². The van der Waals surface area contributed by atoms with Crippen molar-refractivity contribution in [3.05, 3.63) is 98.1 Å². The van der Waals surface area contributed by atoms with Crippen LogP contribution < -0.4 is 9.47 Å². The number of carbonyl (C=O) groups excluding carboxylic acids is 2. The average Bonchev–Trinajstić information content (AvgIpc) is 3.07. The molecule has 0 bridgehead atoms. The minimum absolute atomic E-state index is 0.152. The lowest BCUT2D eigenvalue weighted by Crippen LogP contribution is -2.27. The summed E-state index contributed by atoms with van der Waals surface area (Å²) in [6, 6.07) is 16.2. The number of benzene rings is 3. The van der Waals surface area contributed by atoms with Crippen molar-refractivity contribution < 1.29 is 23.5 Å². The Hall–Kier alpha value is -3.00. The van der Waals surface area contributed by atoms with Gasteiger partial charge in [0.2, 0.25) is 0 Å². The molecule has 5 nitrogen and oxygen atoms in total. The number of imide groups is 1. The Morgan fingerprint density at radius 1 is 1.00 bits per heavy atom. The van der Waals surface area contributed by atoms with Crippen molar-refractivity contribution in [3.8, 4) is 11.5 Å². The molecule has 0 aliphatic carbocycles. The maximum atomic E-state index is 13.1. The minimum Gasteiger partial charge on any atom is -0.493 e. The molecule has 1 fully saturated rings. The smallest absolute Gasteiger partial charge is 0.293 e. The lowest BCUT2D eigenvalue weighted by molar-refractivity contribution is -0.123. The van der Waals surface area contributed by atoms with E-state index in [0.717, 1.165) is 22.9 Å². The number of hydrogen-bond donors (Lipinski definition) is 0. The number of nitrogens with zero attached hydrogens (tertiary/aromatic N) is 1. The second kappa shape index (κ2) is 10.5. The lowest BCUT2D eigenvalue weighted by Gasteiger charge is -2.14. The number of ether oxygens (including phenoxy) is 2. The molecule has 0 unspecified atom stereocenters. The van der Waals surface area contributed by atoms with E-state index in [4.69, 9.17) is 32.7 Å². The first-order chi connectivity index (χ1) is 16.3. The first-order valence-corrected chi connectivity index (χ1v) is 11.7. The first kappa shape index (κ1) is 24.1. The van der Waals surface area contributed by atoms with Crippen molar-refractivity contribution >= 4 is 52.2 Å². The van der Waals surface area contributed by atoms with Gasteiger partial charge in [-0.1, -0.05) is 47.5 Å². The Balaban J connectivity index is 1.52. The second-order valence-electron chi connectivity index (χ2n) is 7.34. The van der Waals surface area contributed by atoms with Crippen molar-refractivity contribution in [1.82, 2.24) is 4.90 Å². The molecule has 0 radical (unpaired) electrons. The van der Waals surface area contributed by atoms with Crippen LogP contribution in [0.3, 0.4) is 0 Å². The van der Waals surface area contributed by atoms with Gasteiger partial charge in [0, 0.05) is 5.02 Å². The van der Waals surface area contributed by atoms with E-state index in [-0.39, 0.29) is 34.1 Å². The highest BCUT2D eigenvalue weighted by atomic mass is 35.5. The largest absolute Gasteiger partial charge is 0.493 e. The number of halogens is 3. The fourth-order valence-electron chi connectivity index (χ4n) is 3.26. The third-order valence-corrected chi connectivity index (χ3v) is 6.41. The molecule has 9 heteroatoms. The fraction of sp³-hybridized carbons (Fsp3) is 0.120. The van der Waals surface area contributed by atoms with Gasteiger partial charge >= 0.3 is 0 Å². The van der Waals surface area contributed by atoms with E-state index in [1.54, 1.807) is 54.6 Å². The Morgan fingerprint density at radius 3 is 2.35 bits per heavy atom. The highest BCUT2D eigenvalue weighted by Gasteiger charge is 2.35. The zero-order chi connectivity index (χ0) is 24.2. The number of hydrogen-bond acceptors (Lipinski definition) is 5. The summed E-state index contributed by atoms with van der Waals surface area (Å²) in [4.78, 5) is 26.8. The minimum atomic E-state index is -0.392. The molecule has 0 spiro atoms. The molecule has 3 aromatic rings. The molecular formula is C25H18Cl2FNO4S. The van der Waals surface area contributed by atoms with Crippen LogP contribution in [0.15, 0.2) is 65.6 Å². The fourth-order valence-corrected chi connectivity index (χ4v) is 4.50. The Kier molecular flexibility index (Phi) is 7.46. The summed E-state index contributed by atoms with van der Waals surface area (Å²) >= 11 is 13.2. The molecule has 0 N–H and O–H groups in total. The number of amides is 2. The van der Waals surface area contributed by atoms with Crippen molar-refractivity contribution in [2.75, 3.05) is 7.11 Å². The molecule has 1 aliphatic rings. The van der Waals surface area contributed by atoms with E-state index in [2.05, 4.69) is 0 Å². The van der Waals surface area contributed by atoms with Crippen LogP contribution in [0.1, 0.15) is 16.7 Å². The number of thioether (sulfide) groups is 1. The van der Waals surface area contributed by atoms with Crippen molar-refractivity contribution in [2.45, 2.75) is 13.2 Å². The van der Waals surface area contributed by atoms with Gasteiger partial charge < -0.3 is 9.47 Å². The summed E-state index contributed by atoms with van der Waals surface area (Å²) in [5, 5.41) is 0.491. The van der Waals surface area contributed by atoms with E-state index >= 15 is 0 Å². The van der Waals surface area contributed by atoms with E-state index in [9.17, 15) is 14.0 Å². The molecule has 4 rings (SSSR count). The summed E-state index contributed by atoms with van der Waals surface area (Å²) < 4.78 is 24.3. The normalized spacial score (nSPS) is 14.7. The maximum absolute atomic E-state index is 13.1. The molecule has 174 valence electrons. The molecule has 3 aromatic carbocycles. The van der Waals surface area contributed by atoms with Gasteiger partial charge in [0.05, 0.1) is 23.6 Å². The van der Waals surface area contributed by atoms with E-state index in [1.807, 2.05) is 0 Å². The van der Waals surface area contributed by atoms with Crippen LogP contribution in [0.4, 0.5) is 9.18 Å². The average molecular weight is 518 g/mol. The number of carbonyl (C=O) groups is 2. The molecule has 0 atom stereocenters. The molecule has 1 saturated heterocycles. The molecule has 0 aromatic heterocycles. The monoisotopic (exact) mass is 517 g/mol. The zero-order valence-electron chi connectivity index (χ0n) is 17.9. The Bertz CT molecular complexity index is 1260. The zero-order valence-corrected chi connectivity index (χ0v) is 20.2. The van der Waals surface area contributed by atoms with Crippen LogP contribution in [0.2, 0.25) is 10.0 Å². The predicted octanol–water partition coefficient (Wildman–Crippen LogP) is 6.96. The Labute approximate surface area is 210 Å². The van der Waals surface area contributed by atoms with Gasteiger partial charge in [-0.2, -0.15) is 0 Å². The quantitative estimate of drug-likeness (QED) is 0.317. The third-order valence-electron chi connectivity index (χ3n) is 4.97. The predicted molar refractivity (Wildman–Crippen MR) is 132 cm³/mol. The SMILES string of the molecule is COc1cc(/C=C2\SC(=O)N(Cc3ccc(Cl)cc3)C2=O)cc(Cl)c1OCc1ccc(F)cc1. The van der Waals surface area contributed by atoms with Crippen LogP contribution in [0, 0.1) is 5.82 Å². The van der Waals surface area contributed by atoms with Crippen molar-refractivity contribution in [2.24, 2.45) is 0 Å². The van der Waals surface area contributed by atoms with Crippen LogP contribution in [0.5, 0.6) is 11.5 Å². The maximum Gasteiger partial charge on any atom is 0.293 e. The van der Waals surface area contributed by atoms with Crippen LogP contribution in [-0.4, -0.2) is 23.2 Å². The molecule has 1 aliphatic heterocycles. The molecule has 2 amide bonds. The van der Waals surface area contributed by atoms with Crippen LogP contribution in [-0.2, 0) is 17.9 Å². The van der Waals surface area contributed by atoms with Gasteiger partial charge in [-0.25, -0.2) is 4.39 Å². The topological polar surface area (TPSA) is 55.8 Å². The summed E-state index contributed by atoms with van der Waals surface area (Å²) in [6.45, 7) is 0.318. The number of rotatable bonds is 7. The highest BCUT2D eigenvalue weighted by molar-refractivity contribution is 8.18. The summed E-state index contributed by atoms with van der Waals surface area (Å²) in [7, 11) is 1.47. The van der Waals surface area contributed by atoms with E-state index < -0.39 is 5.91 Å². The highest BCUT2D eigenvalue weighted by Crippen LogP contribution is 2.39. The van der Waals surface area contributed by atoms with Crippen molar-refractivity contribution in [1.29, 1.82) is 0 Å². The third kappa shape index (κ3) is 5.55. The molecule has 34 heavy (non-hydrogen) atoms. The van der Waals surface area contributed by atoms with E-state index in [1.165, 1.54) is 24.1 Å². The van der Waals surface area contributed by atoms with Gasteiger partial charge in [-0.3, -0.25) is 14.5 Å². The van der Waals surface area contributed by atoms with Crippen LogP contribution in [0.25, 0.3) is 6.08 Å². The molecule has 0 saturated carbocycles. The van der Waals surface area contributed by atoms with Gasteiger partial charge in [0.15, 0.2) is 11.5 Å². The number of methoxy groups -OCH3 is 1. The lowest BCUT2D eigenvalue weighted by atomic mass is 10.1. The van der Waals surface area contributed by atoms with Gasteiger partial charge in [-0.15, -0.1) is 0 Å². The van der Waals surface area contributed by atoms with Crippen molar-refractivity contribution in [3.63, 3.8) is 0 Å². The van der Waals surface area contributed by atoms with Gasteiger partial charge in [0.1, 0.15) is 12.4 Å². The molecular weight excluding hydrogens is 500 g/mol.